The summed E-state index contributed by atoms with van der Waals surface area (Å²) < 4.78 is 16.3. The number of thiophene rings is 1. The van der Waals surface area contributed by atoms with Gasteiger partial charge in [0.1, 0.15) is 17.2 Å². The molecule has 2 N–H and O–H groups in total. The predicted octanol–water partition coefficient (Wildman–Crippen LogP) is 3.73. The molecule has 1 heterocycles. The Labute approximate surface area is 188 Å². The van der Waals surface area contributed by atoms with Crippen molar-refractivity contribution in [3.63, 3.8) is 0 Å². The van der Waals surface area contributed by atoms with E-state index < -0.39 is 0 Å². The second-order valence-corrected chi connectivity index (χ2v) is 6.81. The van der Waals surface area contributed by atoms with Crippen LogP contribution in [0.4, 0.5) is 0 Å². The van der Waals surface area contributed by atoms with Gasteiger partial charge in [-0.1, -0.05) is 6.07 Å². The zero-order valence-corrected chi connectivity index (χ0v) is 20.1. The highest BCUT2D eigenvalue weighted by atomic mass is 127. The van der Waals surface area contributed by atoms with Gasteiger partial charge in [-0.05, 0) is 24.8 Å². The van der Waals surface area contributed by atoms with E-state index in [0.717, 1.165) is 49.0 Å². The van der Waals surface area contributed by atoms with E-state index in [0.29, 0.717) is 12.3 Å². The monoisotopic (exact) mass is 519 g/mol. The van der Waals surface area contributed by atoms with Crippen molar-refractivity contribution < 1.29 is 14.2 Å². The van der Waals surface area contributed by atoms with Gasteiger partial charge in [0.2, 0.25) is 0 Å². The average molecular weight is 519 g/mol. The highest BCUT2D eigenvalue weighted by molar-refractivity contribution is 14.0. The van der Waals surface area contributed by atoms with E-state index in [2.05, 4.69) is 40.1 Å². The maximum Gasteiger partial charge on any atom is 0.191 e. The van der Waals surface area contributed by atoms with Crippen LogP contribution in [0.25, 0.3) is 0 Å². The molecule has 156 valence electrons. The summed E-state index contributed by atoms with van der Waals surface area (Å²) in [6.45, 7) is 4.35. The Morgan fingerprint density at radius 2 is 1.75 bits per heavy atom. The van der Waals surface area contributed by atoms with E-state index in [1.54, 1.807) is 32.7 Å². The summed E-state index contributed by atoms with van der Waals surface area (Å²) in [4.78, 5) is 6.00. The molecular formula is C20H30IN3O3S. The largest absolute Gasteiger partial charge is 0.496 e. The lowest BCUT2D eigenvalue weighted by molar-refractivity contribution is 0.368. The molecule has 8 heteroatoms. The molecule has 2 aromatic rings. The Morgan fingerprint density at radius 1 is 1.04 bits per heavy atom. The summed E-state index contributed by atoms with van der Waals surface area (Å²) in [7, 11) is 4.94. The topological polar surface area (TPSA) is 64.1 Å². The van der Waals surface area contributed by atoms with Gasteiger partial charge in [0.05, 0.1) is 21.3 Å². The zero-order chi connectivity index (χ0) is 19.5. The minimum absolute atomic E-state index is 0. The van der Waals surface area contributed by atoms with Crippen LogP contribution in [-0.4, -0.2) is 46.9 Å². The molecule has 0 saturated heterocycles. The maximum absolute atomic E-state index is 5.51. The second kappa shape index (κ2) is 13.5. The van der Waals surface area contributed by atoms with Gasteiger partial charge in [-0.15, -0.1) is 35.3 Å². The first-order valence-corrected chi connectivity index (χ1v) is 9.93. The molecule has 0 unspecified atom stereocenters. The third-order valence-corrected chi connectivity index (χ3v) is 4.97. The van der Waals surface area contributed by atoms with Gasteiger partial charge in [0.15, 0.2) is 5.96 Å². The van der Waals surface area contributed by atoms with Crippen molar-refractivity contribution in [2.75, 3.05) is 41.0 Å². The summed E-state index contributed by atoms with van der Waals surface area (Å²) >= 11 is 1.77. The van der Waals surface area contributed by atoms with Gasteiger partial charge in [-0.2, -0.15) is 0 Å². The number of hydrogen-bond acceptors (Lipinski definition) is 5. The van der Waals surface area contributed by atoms with Crippen LogP contribution in [0.5, 0.6) is 17.2 Å². The Balaban J connectivity index is 0.00000392. The van der Waals surface area contributed by atoms with Crippen molar-refractivity contribution in [2.45, 2.75) is 19.8 Å². The van der Waals surface area contributed by atoms with E-state index in [-0.39, 0.29) is 24.0 Å². The van der Waals surface area contributed by atoms with Crippen molar-refractivity contribution in [2.24, 2.45) is 4.99 Å². The number of methoxy groups -OCH3 is 3. The number of ether oxygens (including phenoxy) is 3. The standard InChI is InChI=1S/C20H29N3O3S.HI/c1-5-21-20(22-10-8-16-7-6-12-27-16)23-11-9-17-18(25-3)13-15(24-2)14-19(17)26-4;/h6-7,12-14H,5,8-11H2,1-4H3,(H2,21,22,23);1H. The first-order valence-electron chi connectivity index (χ1n) is 9.05. The molecule has 0 spiro atoms. The number of halogens is 1. The van der Waals surface area contributed by atoms with E-state index in [9.17, 15) is 0 Å². The Morgan fingerprint density at radius 3 is 2.29 bits per heavy atom. The molecule has 2 rings (SSSR count). The molecule has 0 saturated carbocycles. The second-order valence-electron chi connectivity index (χ2n) is 5.78. The molecule has 0 atom stereocenters. The van der Waals surface area contributed by atoms with Crippen LogP contribution in [0, 0.1) is 0 Å². The number of hydrogen-bond donors (Lipinski definition) is 2. The third-order valence-electron chi connectivity index (χ3n) is 4.04. The Kier molecular flexibility index (Phi) is 11.7. The van der Waals surface area contributed by atoms with Gasteiger partial charge in [-0.25, -0.2) is 0 Å². The highest BCUT2D eigenvalue weighted by Crippen LogP contribution is 2.34. The van der Waals surface area contributed by atoms with Crippen LogP contribution in [0.3, 0.4) is 0 Å². The number of rotatable bonds is 10. The van der Waals surface area contributed by atoms with Crippen molar-refractivity contribution >= 4 is 41.3 Å². The molecule has 0 aliphatic heterocycles. The lowest BCUT2D eigenvalue weighted by Gasteiger charge is -2.16. The Hall–Kier alpha value is -1.68. The highest BCUT2D eigenvalue weighted by Gasteiger charge is 2.13. The summed E-state index contributed by atoms with van der Waals surface area (Å²) in [5.41, 5.74) is 1.00. The van der Waals surface area contributed by atoms with E-state index in [1.807, 2.05) is 12.1 Å². The average Bonchev–Trinajstić information content (AvgIpc) is 3.21. The first kappa shape index (κ1) is 24.4. The molecule has 0 aliphatic rings. The van der Waals surface area contributed by atoms with Gasteiger partial charge >= 0.3 is 0 Å². The molecule has 0 radical (unpaired) electrons. The molecule has 0 bridgehead atoms. The third kappa shape index (κ3) is 7.38. The number of nitrogens with one attached hydrogen (secondary N) is 2. The molecule has 0 aliphatic carbocycles. The quantitative estimate of drug-likeness (QED) is 0.285. The molecule has 0 fully saturated rings. The fourth-order valence-corrected chi connectivity index (χ4v) is 3.40. The van der Waals surface area contributed by atoms with Crippen LogP contribution in [-0.2, 0) is 12.8 Å². The van der Waals surface area contributed by atoms with Gasteiger partial charge in [0, 0.05) is 48.6 Å². The van der Waals surface area contributed by atoms with Gasteiger partial charge in [0.25, 0.3) is 0 Å². The van der Waals surface area contributed by atoms with E-state index in [4.69, 9.17) is 14.2 Å². The van der Waals surface area contributed by atoms with Crippen molar-refractivity contribution in [3.05, 3.63) is 40.1 Å². The Bertz CT molecular complexity index is 698. The number of aliphatic imine (C=N–C) groups is 1. The van der Waals surface area contributed by atoms with Crippen LogP contribution < -0.4 is 24.8 Å². The zero-order valence-electron chi connectivity index (χ0n) is 16.9. The normalized spacial score (nSPS) is 10.8. The molecule has 1 aromatic carbocycles. The lowest BCUT2D eigenvalue weighted by atomic mass is 10.1. The predicted molar refractivity (Wildman–Crippen MR) is 127 cm³/mol. The smallest absolute Gasteiger partial charge is 0.191 e. The van der Waals surface area contributed by atoms with Gasteiger partial charge < -0.3 is 24.8 Å². The molecule has 0 amide bonds. The number of guanidine groups is 1. The van der Waals surface area contributed by atoms with E-state index in [1.165, 1.54) is 4.88 Å². The minimum atomic E-state index is 0. The van der Waals surface area contributed by atoms with Crippen molar-refractivity contribution in [1.82, 2.24) is 10.6 Å². The fraction of sp³-hybridized carbons (Fsp3) is 0.450. The SMILES string of the molecule is CCNC(=NCCc1cccs1)NCCc1c(OC)cc(OC)cc1OC.I. The van der Waals surface area contributed by atoms with Gasteiger partial charge in [-0.3, -0.25) is 4.99 Å². The van der Waals surface area contributed by atoms with Crippen LogP contribution in [0.2, 0.25) is 0 Å². The minimum Gasteiger partial charge on any atom is -0.496 e. The van der Waals surface area contributed by atoms with Crippen molar-refractivity contribution in [1.29, 1.82) is 0 Å². The molecule has 6 nitrogen and oxygen atoms in total. The van der Waals surface area contributed by atoms with Crippen LogP contribution >= 0.6 is 35.3 Å². The summed E-state index contributed by atoms with van der Waals surface area (Å²) in [6, 6.07) is 7.96. The van der Waals surface area contributed by atoms with Crippen LogP contribution in [0.1, 0.15) is 17.4 Å². The maximum atomic E-state index is 5.51. The fourth-order valence-electron chi connectivity index (χ4n) is 2.70. The summed E-state index contributed by atoms with van der Waals surface area (Å²) in [6.07, 6.45) is 1.69. The summed E-state index contributed by atoms with van der Waals surface area (Å²) in [5.74, 6) is 3.05. The number of benzene rings is 1. The lowest BCUT2D eigenvalue weighted by Crippen LogP contribution is -2.38. The molecule has 28 heavy (non-hydrogen) atoms. The first-order chi connectivity index (χ1) is 13.2. The number of nitrogens with zero attached hydrogens (tertiary/aromatic N) is 1. The molecular weight excluding hydrogens is 489 g/mol. The molecule has 1 aromatic heterocycles. The summed E-state index contributed by atoms with van der Waals surface area (Å²) in [5, 5.41) is 8.76. The van der Waals surface area contributed by atoms with E-state index >= 15 is 0 Å². The van der Waals surface area contributed by atoms with Crippen LogP contribution in [0.15, 0.2) is 34.6 Å². The van der Waals surface area contributed by atoms with Crippen molar-refractivity contribution in [3.8, 4) is 17.2 Å².